The number of hydrogen-bond donors (Lipinski definition) is 4. The van der Waals surface area contributed by atoms with Gasteiger partial charge < -0.3 is 21.7 Å². The van der Waals surface area contributed by atoms with Crippen LogP contribution in [0.2, 0.25) is 0 Å². The molecule has 0 spiro atoms. The molecule has 1 aromatic rings. The Kier molecular flexibility index (Phi) is 4.03. The molecule has 0 saturated carbocycles. The number of nitrogens with two attached hydrogens (primary N) is 2. The lowest BCUT2D eigenvalue weighted by Crippen LogP contribution is -2.69. The molecule has 0 heterocycles. The molecular weight excluding hydrogens is 368 g/mol. The highest BCUT2D eigenvalue weighted by atomic mass is 19.2. The minimum Gasteiger partial charge on any atom is -0.478 e. The Morgan fingerprint density at radius 2 is 1.27 bits per heavy atom. The summed E-state index contributed by atoms with van der Waals surface area (Å²) in [5, 5.41) is 16.0. The van der Waals surface area contributed by atoms with Crippen LogP contribution >= 0.6 is 0 Å². The third-order valence-corrected chi connectivity index (χ3v) is 3.86. The summed E-state index contributed by atoms with van der Waals surface area (Å²) in [6, 6.07) is 0.112. The summed E-state index contributed by atoms with van der Waals surface area (Å²) in [6.45, 7) is 0. The van der Waals surface area contributed by atoms with Gasteiger partial charge in [-0.05, 0) is 22.6 Å². The van der Waals surface area contributed by atoms with Gasteiger partial charge in [0, 0.05) is 0 Å². The van der Waals surface area contributed by atoms with Gasteiger partial charge in [0.2, 0.25) is 5.91 Å². The van der Waals surface area contributed by atoms with Crippen molar-refractivity contribution in [3.8, 4) is 0 Å². The smallest absolute Gasteiger partial charge is 0.350 e. The maximum atomic E-state index is 15.4. The van der Waals surface area contributed by atoms with Crippen LogP contribution in [0.4, 0.5) is 17.6 Å². The Labute approximate surface area is 140 Å². The van der Waals surface area contributed by atoms with Gasteiger partial charge in [-0.15, -0.1) is 0 Å². The summed E-state index contributed by atoms with van der Waals surface area (Å²) in [5.74, 6) is -13.1. The monoisotopic (exact) mass is 376 g/mol. The fourth-order valence-electron chi connectivity index (χ4n) is 2.79. The third-order valence-electron chi connectivity index (χ3n) is 3.86. The normalized spacial score (nSPS) is 24.8. The number of carboxylic acids is 2. The van der Waals surface area contributed by atoms with Crippen molar-refractivity contribution in [2.75, 3.05) is 0 Å². The Balaban J connectivity index is 3.40. The molecule has 2 rings (SSSR count). The molecule has 1 aliphatic carbocycles. The highest BCUT2D eigenvalue weighted by molar-refractivity contribution is 6.30. The van der Waals surface area contributed by atoms with E-state index in [4.69, 9.17) is 21.7 Å². The fourth-order valence-corrected chi connectivity index (χ4v) is 2.79. The standard InChI is InChI=1S/C14H8F4N2O6/c15-5-1-3-4(2-6(5)16)8(10(22)23)14(18,12(25)26)13(17,11(20)24)7(3)9(19)21/h1-2H,(H2,19,21)(H2,20,24)(H,22,23)(H,25,26). The molecule has 0 aliphatic heterocycles. The molecule has 2 amide bonds. The van der Waals surface area contributed by atoms with Gasteiger partial charge in [-0.3, -0.25) is 9.59 Å². The van der Waals surface area contributed by atoms with Crippen LogP contribution in [0.3, 0.4) is 0 Å². The number of benzene rings is 1. The van der Waals surface area contributed by atoms with E-state index >= 15 is 8.78 Å². The van der Waals surface area contributed by atoms with E-state index in [0.29, 0.717) is 0 Å². The second kappa shape index (κ2) is 5.54. The molecule has 8 nitrogen and oxygen atoms in total. The average molecular weight is 376 g/mol. The number of fused-ring (bicyclic) bond motifs is 1. The van der Waals surface area contributed by atoms with Crippen molar-refractivity contribution in [1.82, 2.24) is 0 Å². The maximum Gasteiger partial charge on any atom is 0.350 e. The van der Waals surface area contributed by atoms with Crippen molar-refractivity contribution in [3.05, 3.63) is 34.2 Å². The summed E-state index contributed by atoms with van der Waals surface area (Å²) in [6.07, 6.45) is 0. The highest BCUT2D eigenvalue weighted by Crippen LogP contribution is 2.44. The van der Waals surface area contributed by atoms with E-state index in [0.717, 1.165) is 0 Å². The topological polar surface area (TPSA) is 161 Å². The summed E-state index contributed by atoms with van der Waals surface area (Å²) in [5.41, 5.74) is -3.52. The molecule has 1 aromatic carbocycles. The molecule has 1 aliphatic rings. The predicted molar refractivity (Wildman–Crippen MR) is 73.8 cm³/mol. The van der Waals surface area contributed by atoms with Crippen molar-refractivity contribution < 1.29 is 47.0 Å². The first-order valence-electron chi connectivity index (χ1n) is 6.50. The minimum absolute atomic E-state index is 0.0366. The van der Waals surface area contributed by atoms with Crippen LogP contribution in [0, 0.1) is 11.6 Å². The number of primary amides is 2. The first kappa shape index (κ1) is 18.9. The van der Waals surface area contributed by atoms with Crippen LogP contribution in [0.15, 0.2) is 12.1 Å². The fraction of sp³-hybridized carbons (Fsp3) is 0.143. The lowest BCUT2D eigenvalue weighted by atomic mass is 9.70. The van der Waals surface area contributed by atoms with Gasteiger partial charge in [0.05, 0.1) is 11.1 Å². The van der Waals surface area contributed by atoms with Crippen molar-refractivity contribution in [2.45, 2.75) is 11.3 Å². The number of carbonyl (C=O) groups is 4. The summed E-state index contributed by atoms with van der Waals surface area (Å²) >= 11 is 0. The van der Waals surface area contributed by atoms with Crippen LogP contribution in [0.5, 0.6) is 0 Å². The first-order chi connectivity index (χ1) is 11.8. The number of aliphatic carboxylic acids is 2. The average Bonchev–Trinajstić information content (AvgIpc) is 2.49. The van der Waals surface area contributed by atoms with Crippen LogP contribution in [-0.4, -0.2) is 45.3 Å². The van der Waals surface area contributed by atoms with Crippen LogP contribution in [0.1, 0.15) is 0 Å². The molecule has 0 aromatic heterocycles. The molecular formula is C14H8F4N2O6. The van der Waals surface area contributed by atoms with E-state index in [1.165, 1.54) is 0 Å². The number of carbonyl (C=O) groups excluding carboxylic acids is 2. The summed E-state index contributed by atoms with van der Waals surface area (Å²) in [7, 11) is 0. The predicted octanol–water partition coefficient (Wildman–Crippen LogP) is -2.16. The van der Waals surface area contributed by atoms with E-state index in [-0.39, 0.29) is 12.1 Å². The molecule has 0 saturated heterocycles. The number of hydrogen-bond acceptors (Lipinski definition) is 4. The van der Waals surface area contributed by atoms with Gasteiger partial charge >= 0.3 is 11.9 Å². The highest BCUT2D eigenvalue weighted by Gasteiger charge is 2.71. The molecule has 2 unspecified atom stereocenters. The van der Waals surface area contributed by atoms with Gasteiger partial charge in [0.1, 0.15) is 0 Å². The van der Waals surface area contributed by atoms with Gasteiger partial charge in [-0.1, -0.05) is 0 Å². The lowest BCUT2D eigenvalue weighted by Gasteiger charge is -2.37. The van der Waals surface area contributed by atoms with Crippen molar-refractivity contribution in [1.29, 1.82) is 0 Å². The number of carboxylic acid groups (broad SMARTS) is 2. The van der Waals surface area contributed by atoms with Crippen molar-refractivity contribution in [3.63, 3.8) is 0 Å². The maximum absolute atomic E-state index is 15.4. The molecule has 12 heteroatoms. The zero-order valence-electron chi connectivity index (χ0n) is 12.3. The molecule has 0 bridgehead atoms. The zero-order chi connectivity index (χ0) is 20.2. The van der Waals surface area contributed by atoms with E-state index in [1.54, 1.807) is 0 Å². The molecule has 6 N–H and O–H groups in total. The number of rotatable bonds is 4. The van der Waals surface area contributed by atoms with Crippen molar-refractivity contribution >= 4 is 34.9 Å². The van der Waals surface area contributed by atoms with E-state index in [1.807, 2.05) is 0 Å². The van der Waals surface area contributed by atoms with Crippen LogP contribution in [0.25, 0.3) is 11.1 Å². The largest absolute Gasteiger partial charge is 0.478 e. The van der Waals surface area contributed by atoms with Gasteiger partial charge in [-0.2, -0.15) is 0 Å². The van der Waals surface area contributed by atoms with E-state index < -0.39 is 68.3 Å². The van der Waals surface area contributed by atoms with Gasteiger partial charge in [0.15, 0.2) is 11.6 Å². The number of halogens is 4. The Morgan fingerprint density at radius 3 is 1.58 bits per heavy atom. The SMILES string of the molecule is NC(=O)C1=c2cc(F)c(F)cc2=C(C(=O)O)C(F)(C(=O)O)C1(F)C(N)=O. The molecule has 138 valence electrons. The van der Waals surface area contributed by atoms with Gasteiger partial charge in [0.25, 0.3) is 17.2 Å². The summed E-state index contributed by atoms with van der Waals surface area (Å²) < 4.78 is 57.7. The lowest BCUT2D eigenvalue weighted by molar-refractivity contribution is -0.160. The van der Waals surface area contributed by atoms with Gasteiger partial charge in [-0.25, -0.2) is 27.2 Å². The second-order valence-corrected chi connectivity index (χ2v) is 5.22. The number of alkyl halides is 2. The third kappa shape index (κ3) is 2.08. The Bertz CT molecular complexity index is 942. The molecule has 26 heavy (non-hydrogen) atoms. The first-order valence-corrected chi connectivity index (χ1v) is 6.50. The molecule has 0 fully saturated rings. The second-order valence-electron chi connectivity index (χ2n) is 5.22. The Morgan fingerprint density at radius 1 is 0.846 bits per heavy atom. The van der Waals surface area contributed by atoms with E-state index in [2.05, 4.69) is 0 Å². The van der Waals surface area contributed by atoms with Crippen LogP contribution in [-0.2, 0) is 19.2 Å². The van der Waals surface area contributed by atoms with E-state index in [9.17, 15) is 28.0 Å². The zero-order valence-corrected chi connectivity index (χ0v) is 12.3. The number of amides is 2. The van der Waals surface area contributed by atoms with Crippen LogP contribution < -0.4 is 21.9 Å². The van der Waals surface area contributed by atoms with Crippen molar-refractivity contribution in [2.24, 2.45) is 11.5 Å². The Hall–Kier alpha value is -3.44. The molecule has 0 radical (unpaired) electrons. The minimum atomic E-state index is -4.76. The quantitative estimate of drug-likeness (QED) is 0.438. The molecule has 2 atom stereocenters. The summed E-state index contributed by atoms with van der Waals surface area (Å²) in [4.78, 5) is 46.0.